The lowest BCUT2D eigenvalue weighted by molar-refractivity contribution is -0.137. The summed E-state index contributed by atoms with van der Waals surface area (Å²) in [4.78, 5) is -0.524. The normalized spacial score (nSPS) is 12.7. The summed E-state index contributed by atoms with van der Waals surface area (Å²) in [6.45, 7) is 0. The molecule has 6 nitrogen and oxygen atoms in total. The third-order valence-corrected chi connectivity index (χ3v) is 4.51. The van der Waals surface area contributed by atoms with Gasteiger partial charge in [0.25, 0.3) is 10.1 Å². The Morgan fingerprint density at radius 3 is 2.19 bits per heavy atom. The molecule has 0 aliphatic heterocycles. The van der Waals surface area contributed by atoms with Crippen LogP contribution in [0.3, 0.4) is 0 Å². The van der Waals surface area contributed by atoms with E-state index in [1.165, 1.54) is 30.3 Å². The van der Waals surface area contributed by atoms with E-state index in [1.807, 2.05) is 0 Å². The van der Waals surface area contributed by atoms with Gasteiger partial charge in [0.2, 0.25) is 0 Å². The monoisotopic (exact) mass is 396 g/mol. The van der Waals surface area contributed by atoms with Crippen molar-refractivity contribution in [2.75, 3.05) is 0 Å². The molecule has 3 aromatic rings. The maximum atomic E-state index is 13.0. The number of aromatic hydroxyl groups is 1. The van der Waals surface area contributed by atoms with Gasteiger partial charge in [-0.25, -0.2) is 0 Å². The zero-order valence-electron chi connectivity index (χ0n) is 13.3. The van der Waals surface area contributed by atoms with Crippen LogP contribution in [0.15, 0.2) is 69.7 Å². The summed E-state index contributed by atoms with van der Waals surface area (Å²) in [6, 6.07) is 10.8. The van der Waals surface area contributed by atoms with Gasteiger partial charge >= 0.3 is 6.18 Å². The van der Waals surface area contributed by atoms with Crippen LogP contribution >= 0.6 is 0 Å². The minimum atomic E-state index is -4.61. The van der Waals surface area contributed by atoms with Crippen molar-refractivity contribution >= 4 is 32.3 Å². The number of fused-ring (bicyclic) bond motifs is 1. The van der Waals surface area contributed by atoms with E-state index in [-0.39, 0.29) is 16.5 Å². The first kappa shape index (κ1) is 18.8. The molecule has 0 aromatic heterocycles. The minimum absolute atomic E-state index is 0.0314. The van der Waals surface area contributed by atoms with Crippen molar-refractivity contribution in [2.45, 2.75) is 11.1 Å². The maximum absolute atomic E-state index is 13.0. The highest BCUT2D eigenvalue weighted by Crippen LogP contribution is 2.39. The standard InChI is InChI=1S/C17H11F3N2O4S/c18-17(19,20)12-5-1-2-6-13(12)21-22-14-7-3-4-10-8-11(27(24,25)26)9-15(23)16(10)14/h1-9,23H,(H,24,25,26). The SMILES string of the molecule is O=S(=O)(O)c1cc(O)c2c(N=Nc3ccccc3C(F)(F)F)cccc2c1. The maximum Gasteiger partial charge on any atom is 0.418 e. The number of halogens is 3. The summed E-state index contributed by atoms with van der Waals surface area (Å²) in [7, 11) is -4.55. The molecule has 0 fully saturated rings. The van der Waals surface area contributed by atoms with Gasteiger partial charge in [-0.3, -0.25) is 4.55 Å². The van der Waals surface area contributed by atoms with E-state index in [1.54, 1.807) is 0 Å². The number of phenolic OH excluding ortho intramolecular Hbond substituents is 1. The lowest BCUT2D eigenvalue weighted by atomic mass is 10.1. The first-order valence-corrected chi connectivity index (χ1v) is 8.82. The van der Waals surface area contributed by atoms with Gasteiger partial charge in [0, 0.05) is 6.07 Å². The van der Waals surface area contributed by atoms with Crippen molar-refractivity contribution in [1.82, 2.24) is 0 Å². The van der Waals surface area contributed by atoms with Crippen LogP contribution in [0.2, 0.25) is 0 Å². The van der Waals surface area contributed by atoms with Crippen LogP contribution in [0.25, 0.3) is 10.8 Å². The summed E-state index contributed by atoms with van der Waals surface area (Å²) in [5.74, 6) is -0.515. The van der Waals surface area contributed by atoms with E-state index in [9.17, 15) is 26.7 Å². The quantitative estimate of drug-likeness (QED) is 0.468. The smallest absolute Gasteiger partial charge is 0.418 e. The van der Waals surface area contributed by atoms with Crippen LogP contribution in [-0.4, -0.2) is 18.1 Å². The first-order chi connectivity index (χ1) is 12.6. The first-order valence-electron chi connectivity index (χ1n) is 7.38. The molecule has 3 rings (SSSR count). The van der Waals surface area contributed by atoms with E-state index < -0.39 is 38.2 Å². The van der Waals surface area contributed by atoms with Crippen molar-refractivity contribution in [1.29, 1.82) is 0 Å². The Kier molecular flexibility index (Phi) is 4.62. The van der Waals surface area contributed by atoms with Crippen LogP contribution < -0.4 is 0 Å². The molecule has 0 aliphatic carbocycles. The van der Waals surface area contributed by atoms with E-state index in [0.29, 0.717) is 0 Å². The molecular weight excluding hydrogens is 385 g/mol. The van der Waals surface area contributed by atoms with Gasteiger partial charge in [-0.2, -0.15) is 21.6 Å². The summed E-state index contributed by atoms with van der Waals surface area (Å²) >= 11 is 0. The predicted octanol–water partition coefficient (Wildman–Crippen LogP) is 5.23. The minimum Gasteiger partial charge on any atom is -0.507 e. The summed E-state index contributed by atoms with van der Waals surface area (Å²) in [5, 5.41) is 17.8. The van der Waals surface area contributed by atoms with Crippen molar-refractivity contribution in [3.05, 3.63) is 60.2 Å². The van der Waals surface area contributed by atoms with Crippen LogP contribution in [-0.2, 0) is 16.3 Å². The molecule has 0 saturated carbocycles. The van der Waals surface area contributed by atoms with Crippen LogP contribution in [0, 0.1) is 0 Å². The average molecular weight is 396 g/mol. The Labute approximate surface area is 151 Å². The molecule has 0 saturated heterocycles. The highest BCUT2D eigenvalue weighted by atomic mass is 32.2. The van der Waals surface area contributed by atoms with Gasteiger partial charge in [-0.1, -0.05) is 24.3 Å². The molecule has 0 unspecified atom stereocenters. The van der Waals surface area contributed by atoms with Gasteiger partial charge in [0.05, 0.1) is 27.2 Å². The van der Waals surface area contributed by atoms with Crippen molar-refractivity contribution in [2.24, 2.45) is 10.2 Å². The average Bonchev–Trinajstić information content (AvgIpc) is 2.58. The number of benzene rings is 3. The van der Waals surface area contributed by atoms with Gasteiger partial charge in [-0.05, 0) is 29.7 Å². The zero-order valence-corrected chi connectivity index (χ0v) is 14.2. The second-order valence-electron chi connectivity index (χ2n) is 5.51. The molecule has 0 atom stereocenters. The third kappa shape index (κ3) is 3.91. The lowest BCUT2D eigenvalue weighted by Gasteiger charge is -2.09. The summed E-state index contributed by atoms with van der Waals surface area (Å²) in [6.07, 6.45) is -4.61. The number of hydrogen-bond donors (Lipinski definition) is 2. The Hall–Kier alpha value is -2.98. The van der Waals surface area contributed by atoms with E-state index in [0.717, 1.165) is 24.3 Å². The predicted molar refractivity (Wildman–Crippen MR) is 91.0 cm³/mol. The van der Waals surface area contributed by atoms with Crippen LogP contribution in [0.4, 0.5) is 24.5 Å². The molecule has 0 radical (unpaired) electrons. The molecular formula is C17H11F3N2O4S. The number of hydrogen-bond acceptors (Lipinski definition) is 5. The molecule has 0 bridgehead atoms. The van der Waals surface area contributed by atoms with Gasteiger partial charge in [0.1, 0.15) is 5.75 Å². The molecule has 0 amide bonds. The second-order valence-corrected chi connectivity index (χ2v) is 6.93. The zero-order chi connectivity index (χ0) is 19.8. The Morgan fingerprint density at radius 1 is 0.889 bits per heavy atom. The van der Waals surface area contributed by atoms with E-state index in [2.05, 4.69) is 10.2 Å². The third-order valence-electron chi connectivity index (χ3n) is 3.68. The Morgan fingerprint density at radius 2 is 1.52 bits per heavy atom. The van der Waals surface area contributed by atoms with E-state index >= 15 is 0 Å². The molecule has 27 heavy (non-hydrogen) atoms. The molecule has 10 heteroatoms. The molecule has 3 aromatic carbocycles. The fourth-order valence-corrected chi connectivity index (χ4v) is 3.04. The number of alkyl halides is 3. The second kappa shape index (κ2) is 6.63. The van der Waals surface area contributed by atoms with Gasteiger partial charge in [-0.15, -0.1) is 10.2 Å². The Bertz CT molecular complexity index is 1160. The topological polar surface area (TPSA) is 99.3 Å². The van der Waals surface area contributed by atoms with Crippen molar-refractivity contribution in [3.8, 4) is 5.75 Å². The molecule has 0 aliphatic rings. The summed E-state index contributed by atoms with van der Waals surface area (Å²) < 4.78 is 70.7. The summed E-state index contributed by atoms with van der Waals surface area (Å²) in [5.41, 5.74) is -1.34. The van der Waals surface area contributed by atoms with Crippen LogP contribution in [0.5, 0.6) is 5.75 Å². The van der Waals surface area contributed by atoms with Gasteiger partial charge < -0.3 is 5.11 Å². The van der Waals surface area contributed by atoms with Crippen molar-refractivity contribution in [3.63, 3.8) is 0 Å². The number of azo groups is 1. The lowest BCUT2D eigenvalue weighted by Crippen LogP contribution is -2.04. The fourth-order valence-electron chi connectivity index (χ4n) is 2.50. The highest BCUT2D eigenvalue weighted by molar-refractivity contribution is 7.85. The fraction of sp³-hybridized carbons (Fsp3) is 0.0588. The molecule has 2 N–H and O–H groups in total. The highest BCUT2D eigenvalue weighted by Gasteiger charge is 2.33. The number of rotatable bonds is 3. The van der Waals surface area contributed by atoms with E-state index in [4.69, 9.17) is 4.55 Å². The van der Waals surface area contributed by atoms with Crippen LogP contribution in [0.1, 0.15) is 5.56 Å². The molecule has 140 valence electrons. The van der Waals surface area contributed by atoms with Gasteiger partial charge in [0.15, 0.2) is 0 Å². The molecule has 0 heterocycles. The largest absolute Gasteiger partial charge is 0.507 e. The number of phenols is 1. The number of nitrogens with zero attached hydrogens (tertiary/aromatic N) is 2. The van der Waals surface area contributed by atoms with Crippen molar-refractivity contribution < 1.29 is 31.2 Å². The molecule has 0 spiro atoms. The Balaban J connectivity index is 2.13.